The van der Waals surface area contributed by atoms with Crippen LogP contribution in [-0.4, -0.2) is 31.7 Å². The average molecular weight is 376 g/mol. The maximum Gasteiger partial charge on any atom is 0.431 e. The van der Waals surface area contributed by atoms with Gasteiger partial charge in [0, 0.05) is 13.5 Å². The first kappa shape index (κ1) is 21.5. The van der Waals surface area contributed by atoms with Gasteiger partial charge in [-0.15, -0.1) is 0 Å². The van der Waals surface area contributed by atoms with Gasteiger partial charge in [-0.1, -0.05) is 25.5 Å². The molecule has 0 saturated carbocycles. The third-order valence-electron chi connectivity index (χ3n) is 3.67. The fourth-order valence-corrected chi connectivity index (χ4v) is 2.10. The molecular formula is C16H19F7O2. The molecule has 25 heavy (non-hydrogen) atoms. The van der Waals surface area contributed by atoms with Gasteiger partial charge in [-0.25, -0.2) is 4.39 Å². The highest BCUT2D eigenvalue weighted by molar-refractivity contribution is 5.29. The van der Waals surface area contributed by atoms with Crippen LogP contribution in [0.1, 0.15) is 37.9 Å². The van der Waals surface area contributed by atoms with E-state index in [4.69, 9.17) is 4.74 Å². The molecule has 0 aromatic heterocycles. The summed E-state index contributed by atoms with van der Waals surface area (Å²) in [7, 11) is 0.920. The number of halogens is 7. The topological polar surface area (TPSA) is 18.5 Å². The zero-order valence-corrected chi connectivity index (χ0v) is 13.7. The molecule has 0 N–H and O–H groups in total. The summed E-state index contributed by atoms with van der Waals surface area (Å²) in [5.41, 5.74) is -5.38. The van der Waals surface area contributed by atoms with Crippen LogP contribution in [-0.2, 0) is 4.74 Å². The third kappa shape index (κ3) is 5.23. The third-order valence-corrected chi connectivity index (χ3v) is 3.67. The number of rotatable bonds is 8. The largest absolute Gasteiger partial charge is 0.494 e. The zero-order valence-electron chi connectivity index (χ0n) is 13.7. The highest BCUT2D eigenvalue weighted by Crippen LogP contribution is 2.51. The Bertz CT molecular complexity index is 509. The summed E-state index contributed by atoms with van der Waals surface area (Å²) in [4.78, 5) is 0. The van der Waals surface area contributed by atoms with Gasteiger partial charge >= 0.3 is 18.0 Å². The number of methoxy groups -OCH3 is 1. The molecule has 0 aliphatic rings. The van der Waals surface area contributed by atoms with E-state index in [1.54, 1.807) is 0 Å². The summed E-state index contributed by atoms with van der Waals surface area (Å²) in [6.07, 6.45) is -14.2. The van der Waals surface area contributed by atoms with Crippen LogP contribution in [0, 0.1) is 0 Å². The van der Waals surface area contributed by atoms with E-state index in [1.165, 1.54) is 24.3 Å². The second-order valence-electron chi connectivity index (χ2n) is 5.50. The molecule has 0 bridgehead atoms. The Balaban J connectivity index is 2.97. The fourth-order valence-electron chi connectivity index (χ4n) is 2.10. The molecule has 0 amide bonds. The highest BCUT2D eigenvalue weighted by Gasteiger charge is 2.72. The van der Waals surface area contributed by atoms with E-state index in [2.05, 4.69) is 4.74 Å². The summed E-state index contributed by atoms with van der Waals surface area (Å²) >= 11 is 0. The number of ether oxygens (including phenoxy) is 2. The molecule has 0 heterocycles. The molecule has 1 aromatic carbocycles. The lowest BCUT2D eigenvalue weighted by Gasteiger charge is -2.32. The van der Waals surface area contributed by atoms with Gasteiger partial charge in [0.1, 0.15) is 5.75 Å². The minimum Gasteiger partial charge on any atom is -0.494 e. The van der Waals surface area contributed by atoms with Gasteiger partial charge in [-0.2, -0.15) is 26.3 Å². The normalized spacial score (nSPS) is 14.4. The Morgan fingerprint density at radius 2 is 1.44 bits per heavy atom. The average Bonchev–Trinajstić information content (AvgIpc) is 2.51. The lowest BCUT2D eigenvalue weighted by molar-refractivity contribution is -0.348. The summed E-state index contributed by atoms with van der Waals surface area (Å²) in [5.74, 6) is 0.408. The van der Waals surface area contributed by atoms with Crippen molar-refractivity contribution in [2.45, 2.75) is 50.3 Å². The van der Waals surface area contributed by atoms with Crippen LogP contribution in [0.4, 0.5) is 30.7 Å². The number of benzene rings is 1. The van der Waals surface area contributed by atoms with Gasteiger partial charge in [0.2, 0.25) is 0 Å². The molecule has 1 atom stereocenters. The summed E-state index contributed by atoms with van der Waals surface area (Å²) in [6.45, 7) is 2.39. The number of hydrogen-bond acceptors (Lipinski definition) is 2. The Morgan fingerprint density at radius 1 is 0.920 bits per heavy atom. The van der Waals surface area contributed by atoms with E-state index in [0.717, 1.165) is 20.0 Å². The molecule has 9 heteroatoms. The first-order chi connectivity index (χ1) is 11.5. The SMILES string of the molecule is CCCCOc1ccc(C(CC(F)(C(F)(F)F)C(F)(F)F)OC)cc1. The summed E-state index contributed by atoms with van der Waals surface area (Å²) in [6, 6.07) is 5.28. The van der Waals surface area contributed by atoms with Crippen LogP contribution in [0.25, 0.3) is 0 Å². The van der Waals surface area contributed by atoms with E-state index in [-0.39, 0.29) is 5.56 Å². The standard InChI is InChI=1S/C16H19F7O2/c1-3-4-9-25-12-7-5-11(6-8-12)13(24-2)10-14(17,15(18,19)20)16(21,22)23/h5-8,13H,3-4,9-10H2,1-2H3. The van der Waals surface area contributed by atoms with Crippen LogP contribution in [0.3, 0.4) is 0 Å². The van der Waals surface area contributed by atoms with Crippen LogP contribution in [0.2, 0.25) is 0 Å². The van der Waals surface area contributed by atoms with Gasteiger partial charge in [0.25, 0.3) is 0 Å². The molecule has 0 aliphatic carbocycles. The van der Waals surface area contributed by atoms with Crippen LogP contribution < -0.4 is 4.74 Å². The van der Waals surface area contributed by atoms with E-state index in [0.29, 0.717) is 12.4 Å². The van der Waals surface area contributed by atoms with Crippen molar-refractivity contribution in [3.8, 4) is 5.75 Å². The Kier molecular flexibility index (Phi) is 7.10. The first-order valence-corrected chi connectivity index (χ1v) is 7.54. The molecule has 1 aromatic rings. The Hall–Kier alpha value is -1.51. The Labute approximate surface area is 140 Å². The van der Waals surface area contributed by atoms with Crippen molar-refractivity contribution < 1.29 is 40.2 Å². The predicted molar refractivity (Wildman–Crippen MR) is 77.2 cm³/mol. The highest BCUT2D eigenvalue weighted by atomic mass is 19.4. The van der Waals surface area contributed by atoms with Crippen molar-refractivity contribution in [3.63, 3.8) is 0 Å². The van der Waals surface area contributed by atoms with Crippen molar-refractivity contribution in [1.29, 1.82) is 0 Å². The fraction of sp³-hybridized carbons (Fsp3) is 0.625. The molecule has 0 saturated heterocycles. The van der Waals surface area contributed by atoms with Crippen LogP contribution in [0.15, 0.2) is 24.3 Å². The van der Waals surface area contributed by atoms with Crippen molar-refractivity contribution in [2.24, 2.45) is 0 Å². The zero-order chi connectivity index (χ0) is 19.3. The minimum absolute atomic E-state index is 0.0131. The van der Waals surface area contributed by atoms with Gasteiger partial charge in [0.15, 0.2) is 0 Å². The van der Waals surface area contributed by atoms with Crippen LogP contribution in [0.5, 0.6) is 5.75 Å². The van der Waals surface area contributed by atoms with Crippen molar-refractivity contribution in [1.82, 2.24) is 0 Å². The Morgan fingerprint density at radius 3 is 1.84 bits per heavy atom. The quantitative estimate of drug-likeness (QED) is 0.423. The summed E-state index contributed by atoms with van der Waals surface area (Å²) < 4.78 is 100.0. The monoisotopic (exact) mass is 376 g/mol. The first-order valence-electron chi connectivity index (χ1n) is 7.54. The van der Waals surface area contributed by atoms with E-state index in [1.807, 2.05) is 6.92 Å². The van der Waals surface area contributed by atoms with Gasteiger partial charge in [-0.3, -0.25) is 0 Å². The minimum atomic E-state index is -6.11. The maximum absolute atomic E-state index is 13.9. The molecule has 0 fully saturated rings. The predicted octanol–water partition coefficient (Wildman–Crippen LogP) is 5.78. The molecule has 0 radical (unpaired) electrons. The lowest BCUT2D eigenvalue weighted by atomic mass is 9.92. The molecule has 2 nitrogen and oxygen atoms in total. The number of hydrogen-bond donors (Lipinski definition) is 0. The molecular weight excluding hydrogens is 357 g/mol. The molecule has 1 unspecified atom stereocenters. The van der Waals surface area contributed by atoms with E-state index in [9.17, 15) is 30.7 Å². The van der Waals surface area contributed by atoms with Crippen molar-refractivity contribution in [3.05, 3.63) is 29.8 Å². The molecule has 0 aliphatic heterocycles. The number of unbranched alkanes of at least 4 members (excludes halogenated alkanes) is 1. The van der Waals surface area contributed by atoms with Crippen molar-refractivity contribution >= 4 is 0 Å². The van der Waals surface area contributed by atoms with E-state index < -0.39 is 30.5 Å². The maximum atomic E-state index is 13.9. The van der Waals surface area contributed by atoms with Gasteiger partial charge < -0.3 is 9.47 Å². The second kappa shape index (κ2) is 8.25. The smallest absolute Gasteiger partial charge is 0.431 e. The summed E-state index contributed by atoms with van der Waals surface area (Å²) in [5, 5.41) is 0. The van der Waals surface area contributed by atoms with Gasteiger partial charge in [0.05, 0.1) is 12.7 Å². The van der Waals surface area contributed by atoms with Crippen LogP contribution >= 0.6 is 0 Å². The van der Waals surface area contributed by atoms with Crippen molar-refractivity contribution in [2.75, 3.05) is 13.7 Å². The second-order valence-corrected chi connectivity index (χ2v) is 5.50. The molecule has 1 rings (SSSR count). The molecule has 0 spiro atoms. The van der Waals surface area contributed by atoms with E-state index >= 15 is 0 Å². The van der Waals surface area contributed by atoms with Gasteiger partial charge in [-0.05, 0) is 24.1 Å². The number of alkyl halides is 7. The lowest BCUT2D eigenvalue weighted by Crippen LogP contribution is -2.54. The molecule has 144 valence electrons.